The highest BCUT2D eigenvalue weighted by Gasteiger charge is 2.31. The first kappa shape index (κ1) is 16.1. The SMILES string of the molecule is CC(C)(C)OC(=O)c1ccc(OC(F)(F)F)cc1I. The van der Waals surface area contributed by atoms with E-state index in [1.807, 2.05) is 0 Å². The van der Waals surface area contributed by atoms with Crippen molar-refractivity contribution in [2.75, 3.05) is 0 Å². The van der Waals surface area contributed by atoms with Crippen LogP contribution >= 0.6 is 22.6 Å². The quantitative estimate of drug-likeness (QED) is 0.564. The van der Waals surface area contributed by atoms with Crippen LogP contribution in [0.1, 0.15) is 31.1 Å². The van der Waals surface area contributed by atoms with Crippen LogP contribution in [-0.4, -0.2) is 17.9 Å². The molecule has 0 radical (unpaired) electrons. The van der Waals surface area contributed by atoms with E-state index in [1.54, 1.807) is 43.4 Å². The van der Waals surface area contributed by atoms with Crippen LogP contribution in [0.15, 0.2) is 18.2 Å². The fourth-order valence-corrected chi connectivity index (χ4v) is 1.90. The average Bonchev–Trinajstić information content (AvgIpc) is 2.11. The van der Waals surface area contributed by atoms with Gasteiger partial charge < -0.3 is 9.47 Å². The molecule has 0 atom stereocenters. The number of hydrogen-bond acceptors (Lipinski definition) is 3. The van der Waals surface area contributed by atoms with Crippen LogP contribution in [0.5, 0.6) is 5.75 Å². The van der Waals surface area contributed by atoms with Gasteiger partial charge in [0.2, 0.25) is 0 Å². The van der Waals surface area contributed by atoms with Gasteiger partial charge in [0.25, 0.3) is 0 Å². The summed E-state index contributed by atoms with van der Waals surface area (Å²) in [7, 11) is 0. The molecule has 0 amide bonds. The molecule has 0 heterocycles. The predicted octanol–water partition coefficient (Wildman–Crippen LogP) is 4.15. The van der Waals surface area contributed by atoms with E-state index < -0.39 is 17.9 Å². The summed E-state index contributed by atoms with van der Waals surface area (Å²) in [6.45, 7) is 5.12. The zero-order chi connectivity index (χ0) is 14.8. The lowest BCUT2D eigenvalue weighted by molar-refractivity contribution is -0.274. The third-order valence-corrected chi connectivity index (χ3v) is 2.69. The van der Waals surface area contributed by atoms with E-state index in [0.717, 1.165) is 12.1 Å². The summed E-state index contributed by atoms with van der Waals surface area (Å²) in [6, 6.07) is 3.46. The Hall–Kier alpha value is -0.990. The predicted molar refractivity (Wildman–Crippen MR) is 71.0 cm³/mol. The second-order valence-electron chi connectivity index (χ2n) is 4.69. The van der Waals surface area contributed by atoms with Gasteiger partial charge in [-0.3, -0.25) is 0 Å². The van der Waals surface area contributed by atoms with Crippen LogP contribution in [0.2, 0.25) is 0 Å². The molecular weight excluding hydrogens is 376 g/mol. The first-order chi connectivity index (χ1) is 8.48. The van der Waals surface area contributed by atoms with Gasteiger partial charge in [0.15, 0.2) is 0 Å². The Labute approximate surface area is 122 Å². The van der Waals surface area contributed by atoms with Crippen molar-refractivity contribution in [1.29, 1.82) is 0 Å². The number of ether oxygens (including phenoxy) is 2. The van der Waals surface area contributed by atoms with E-state index in [0.29, 0.717) is 3.57 Å². The third kappa shape index (κ3) is 5.66. The molecule has 0 aliphatic carbocycles. The van der Waals surface area contributed by atoms with Crippen LogP contribution < -0.4 is 4.74 Å². The topological polar surface area (TPSA) is 35.5 Å². The molecule has 0 fully saturated rings. The van der Waals surface area contributed by atoms with Crippen molar-refractivity contribution in [2.24, 2.45) is 0 Å². The summed E-state index contributed by atoms with van der Waals surface area (Å²) < 4.78 is 45.3. The largest absolute Gasteiger partial charge is 0.573 e. The van der Waals surface area contributed by atoms with Gasteiger partial charge in [-0.15, -0.1) is 13.2 Å². The number of esters is 1. The minimum absolute atomic E-state index is 0.199. The molecule has 0 aromatic heterocycles. The molecular formula is C12H12F3IO3. The van der Waals surface area contributed by atoms with E-state index in [9.17, 15) is 18.0 Å². The van der Waals surface area contributed by atoms with Crippen LogP contribution in [0.3, 0.4) is 0 Å². The standard InChI is InChI=1S/C12H12F3IO3/c1-11(2,3)19-10(17)8-5-4-7(6-9(8)16)18-12(13,14)15/h4-6H,1-3H3. The average molecular weight is 388 g/mol. The maximum absolute atomic E-state index is 12.0. The van der Waals surface area contributed by atoms with E-state index in [1.165, 1.54) is 6.07 Å². The Balaban J connectivity index is 2.92. The Bertz CT molecular complexity index is 478. The summed E-state index contributed by atoms with van der Waals surface area (Å²) in [5, 5.41) is 0. The molecule has 0 bridgehead atoms. The molecule has 19 heavy (non-hydrogen) atoms. The lowest BCUT2D eigenvalue weighted by Crippen LogP contribution is -2.24. The molecule has 7 heteroatoms. The summed E-state index contributed by atoms with van der Waals surface area (Å²) >= 11 is 1.76. The molecule has 1 aromatic rings. The van der Waals surface area contributed by atoms with Gasteiger partial charge in [-0.05, 0) is 61.6 Å². The molecule has 1 rings (SSSR count). The molecule has 1 aromatic carbocycles. The summed E-state index contributed by atoms with van der Waals surface area (Å²) in [5.41, 5.74) is -0.466. The van der Waals surface area contributed by atoms with Crippen molar-refractivity contribution in [3.63, 3.8) is 0 Å². The van der Waals surface area contributed by atoms with Crippen molar-refractivity contribution in [1.82, 2.24) is 0 Å². The van der Waals surface area contributed by atoms with Gasteiger partial charge in [-0.1, -0.05) is 0 Å². The fraction of sp³-hybridized carbons (Fsp3) is 0.417. The minimum atomic E-state index is -4.75. The van der Waals surface area contributed by atoms with Gasteiger partial charge >= 0.3 is 12.3 Å². The molecule has 0 spiro atoms. The van der Waals surface area contributed by atoms with Crippen molar-refractivity contribution in [3.8, 4) is 5.75 Å². The van der Waals surface area contributed by atoms with Gasteiger partial charge in [0, 0.05) is 3.57 Å². The number of rotatable bonds is 2. The van der Waals surface area contributed by atoms with Crippen LogP contribution in [0, 0.1) is 3.57 Å². The van der Waals surface area contributed by atoms with Crippen LogP contribution in [-0.2, 0) is 4.74 Å². The lowest BCUT2D eigenvalue weighted by atomic mass is 10.1. The summed E-state index contributed by atoms with van der Waals surface area (Å²) in [5.74, 6) is -0.959. The van der Waals surface area contributed by atoms with Gasteiger partial charge in [-0.2, -0.15) is 0 Å². The van der Waals surface area contributed by atoms with Crippen LogP contribution in [0.4, 0.5) is 13.2 Å². The highest BCUT2D eigenvalue weighted by molar-refractivity contribution is 14.1. The highest BCUT2D eigenvalue weighted by atomic mass is 127. The van der Waals surface area contributed by atoms with E-state index in [2.05, 4.69) is 4.74 Å². The van der Waals surface area contributed by atoms with E-state index in [4.69, 9.17) is 4.74 Å². The zero-order valence-corrected chi connectivity index (χ0v) is 12.6. The normalized spacial score (nSPS) is 12.2. The van der Waals surface area contributed by atoms with Crippen molar-refractivity contribution in [3.05, 3.63) is 27.3 Å². The van der Waals surface area contributed by atoms with Gasteiger partial charge in [0.1, 0.15) is 11.4 Å². The van der Waals surface area contributed by atoms with Gasteiger partial charge in [-0.25, -0.2) is 4.79 Å². The first-order valence-corrected chi connectivity index (χ1v) is 6.34. The maximum atomic E-state index is 12.0. The number of carbonyl (C=O) groups excluding carboxylic acids is 1. The van der Waals surface area contributed by atoms with Crippen LogP contribution in [0.25, 0.3) is 0 Å². The van der Waals surface area contributed by atoms with Crippen molar-refractivity contribution >= 4 is 28.6 Å². The second kappa shape index (κ2) is 5.56. The van der Waals surface area contributed by atoms with Crippen molar-refractivity contribution < 1.29 is 27.4 Å². The molecule has 0 aliphatic rings. The Morgan fingerprint density at radius 2 is 1.79 bits per heavy atom. The number of hydrogen-bond donors (Lipinski definition) is 0. The summed E-state index contributed by atoms with van der Waals surface area (Å²) in [6.07, 6.45) is -4.75. The molecule has 0 N–H and O–H groups in total. The van der Waals surface area contributed by atoms with Crippen molar-refractivity contribution in [2.45, 2.75) is 32.7 Å². The van der Waals surface area contributed by atoms with E-state index >= 15 is 0 Å². The minimum Gasteiger partial charge on any atom is -0.456 e. The molecule has 0 aliphatic heterocycles. The monoisotopic (exact) mass is 388 g/mol. The Morgan fingerprint density at radius 1 is 1.21 bits per heavy atom. The highest BCUT2D eigenvalue weighted by Crippen LogP contribution is 2.26. The molecule has 0 saturated carbocycles. The van der Waals surface area contributed by atoms with E-state index in [-0.39, 0.29) is 11.3 Å². The lowest BCUT2D eigenvalue weighted by Gasteiger charge is -2.20. The molecule has 106 valence electrons. The summed E-state index contributed by atoms with van der Waals surface area (Å²) in [4.78, 5) is 11.8. The number of halogens is 4. The fourth-order valence-electron chi connectivity index (χ4n) is 1.19. The zero-order valence-electron chi connectivity index (χ0n) is 10.5. The Kier molecular flexibility index (Phi) is 4.70. The number of benzene rings is 1. The maximum Gasteiger partial charge on any atom is 0.573 e. The third-order valence-electron chi connectivity index (χ3n) is 1.79. The Morgan fingerprint density at radius 3 is 2.21 bits per heavy atom. The molecule has 3 nitrogen and oxygen atoms in total. The smallest absolute Gasteiger partial charge is 0.456 e. The number of carbonyl (C=O) groups is 1. The number of alkyl halides is 3. The second-order valence-corrected chi connectivity index (χ2v) is 5.85. The molecule has 0 unspecified atom stereocenters. The van der Waals surface area contributed by atoms with Gasteiger partial charge in [0.05, 0.1) is 5.56 Å². The molecule has 0 saturated heterocycles. The first-order valence-electron chi connectivity index (χ1n) is 5.26.